The molecule has 2 aromatic rings. The molecule has 3 rings (SSSR count). The van der Waals surface area contributed by atoms with Crippen LogP contribution in [0.15, 0.2) is 23.0 Å². The van der Waals surface area contributed by atoms with Crippen LogP contribution in [0.3, 0.4) is 0 Å². The summed E-state index contributed by atoms with van der Waals surface area (Å²) < 4.78 is 10.8. The molecular weight excluding hydrogens is 294 g/mol. The first-order chi connectivity index (χ1) is 11.1. The Balaban J connectivity index is 1.84. The standard InChI is InChI=1S/C17H21N3O3/c1-11-18-14-7-8-20(10-13(14)17(21)19-11)9-12-5-4-6-15(22-2)16(12)23-3/h4-6H,7-10H2,1-3H3,(H,18,19,21). The summed E-state index contributed by atoms with van der Waals surface area (Å²) in [6.07, 6.45) is 0.784. The summed E-state index contributed by atoms with van der Waals surface area (Å²) >= 11 is 0. The summed E-state index contributed by atoms with van der Waals surface area (Å²) in [6.45, 7) is 3.98. The van der Waals surface area contributed by atoms with Gasteiger partial charge in [0.1, 0.15) is 5.82 Å². The predicted molar refractivity (Wildman–Crippen MR) is 87.0 cm³/mol. The van der Waals surface area contributed by atoms with Gasteiger partial charge >= 0.3 is 0 Å². The van der Waals surface area contributed by atoms with Crippen LogP contribution in [0.5, 0.6) is 11.5 Å². The van der Waals surface area contributed by atoms with Crippen molar-refractivity contribution in [1.82, 2.24) is 14.9 Å². The summed E-state index contributed by atoms with van der Waals surface area (Å²) in [5.41, 5.74) is 2.70. The molecule has 1 aromatic heterocycles. The van der Waals surface area contributed by atoms with Gasteiger partial charge in [-0.05, 0) is 13.0 Å². The Bertz CT molecular complexity index is 770. The number of nitrogens with one attached hydrogen (secondary N) is 1. The van der Waals surface area contributed by atoms with E-state index in [2.05, 4.69) is 14.9 Å². The largest absolute Gasteiger partial charge is 0.493 e. The van der Waals surface area contributed by atoms with E-state index < -0.39 is 0 Å². The number of benzene rings is 1. The molecule has 0 unspecified atom stereocenters. The molecule has 0 radical (unpaired) electrons. The second-order valence-corrected chi connectivity index (χ2v) is 5.69. The van der Waals surface area contributed by atoms with Crippen LogP contribution in [-0.4, -0.2) is 35.6 Å². The highest BCUT2D eigenvalue weighted by atomic mass is 16.5. The third kappa shape index (κ3) is 3.07. The van der Waals surface area contributed by atoms with Gasteiger partial charge in [0, 0.05) is 31.6 Å². The summed E-state index contributed by atoms with van der Waals surface area (Å²) in [5, 5.41) is 0. The molecule has 0 saturated carbocycles. The van der Waals surface area contributed by atoms with Crippen LogP contribution in [0.1, 0.15) is 22.6 Å². The number of fused-ring (bicyclic) bond motifs is 1. The topological polar surface area (TPSA) is 67.5 Å². The van der Waals surface area contributed by atoms with Crippen molar-refractivity contribution in [2.24, 2.45) is 0 Å². The van der Waals surface area contributed by atoms with E-state index in [1.54, 1.807) is 14.2 Å². The van der Waals surface area contributed by atoms with E-state index in [0.29, 0.717) is 18.9 Å². The van der Waals surface area contributed by atoms with Gasteiger partial charge in [0.05, 0.1) is 25.5 Å². The van der Waals surface area contributed by atoms with Crippen LogP contribution in [0.25, 0.3) is 0 Å². The van der Waals surface area contributed by atoms with Gasteiger partial charge in [-0.2, -0.15) is 0 Å². The quantitative estimate of drug-likeness (QED) is 0.929. The Hall–Kier alpha value is -2.34. The number of nitrogens with zero attached hydrogens (tertiary/aromatic N) is 2. The number of aromatic nitrogens is 2. The number of aromatic amines is 1. The first-order valence-corrected chi connectivity index (χ1v) is 7.63. The van der Waals surface area contributed by atoms with E-state index in [4.69, 9.17) is 9.47 Å². The lowest BCUT2D eigenvalue weighted by molar-refractivity contribution is 0.236. The van der Waals surface area contributed by atoms with Crippen molar-refractivity contribution < 1.29 is 9.47 Å². The molecule has 0 aliphatic carbocycles. The van der Waals surface area contributed by atoms with E-state index >= 15 is 0 Å². The zero-order chi connectivity index (χ0) is 16.4. The lowest BCUT2D eigenvalue weighted by Gasteiger charge is -2.28. The number of hydrogen-bond acceptors (Lipinski definition) is 5. The average molecular weight is 315 g/mol. The smallest absolute Gasteiger partial charge is 0.255 e. The van der Waals surface area contributed by atoms with Crippen molar-refractivity contribution in [2.45, 2.75) is 26.4 Å². The van der Waals surface area contributed by atoms with Gasteiger partial charge in [-0.25, -0.2) is 4.98 Å². The summed E-state index contributed by atoms with van der Waals surface area (Å²) in [6, 6.07) is 5.85. The fourth-order valence-electron chi connectivity index (χ4n) is 3.06. The molecule has 0 amide bonds. The van der Waals surface area contributed by atoms with Crippen molar-refractivity contribution in [2.75, 3.05) is 20.8 Å². The summed E-state index contributed by atoms with van der Waals surface area (Å²) in [4.78, 5) is 21.6. The minimum Gasteiger partial charge on any atom is -0.493 e. The number of ether oxygens (including phenoxy) is 2. The third-order valence-electron chi connectivity index (χ3n) is 4.14. The molecule has 0 bridgehead atoms. The summed E-state index contributed by atoms with van der Waals surface area (Å²) in [5.74, 6) is 2.14. The SMILES string of the molecule is COc1cccc(CN2CCc3nc(C)[nH]c(=O)c3C2)c1OC. The Morgan fingerprint density at radius 3 is 2.87 bits per heavy atom. The molecule has 122 valence electrons. The maximum Gasteiger partial charge on any atom is 0.255 e. The lowest BCUT2D eigenvalue weighted by atomic mass is 10.1. The fourth-order valence-corrected chi connectivity index (χ4v) is 3.06. The van der Waals surface area contributed by atoms with E-state index in [0.717, 1.165) is 41.3 Å². The summed E-state index contributed by atoms with van der Waals surface area (Å²) in [7, 11) is 3.27. The molecule has 6 heteroatoms. The number of rotatable bonds is 4. The Morgan fingerprint density at radius 2 is 2.13 bits per heavy atom. The highest BCUT2D eigenvalue weighted by Gasteiger charge is 2.22. The van der Waals surface area contributed by atoms with Crippen LogP contribution < -0.4 is 15.0 Å². The number of methoxy groups -OCH3 is 2. The van der Waals surface area contributed by atoms with Crippen molar-refractivity contribution in [3.05, 3.63) is 51.2 Å². The van der Waals surface area contributed by atoms with Crippen molar-refractivity contribution in [3.8, 4) is 11.5 Å². The van der Waals surface area contributed by atoms with Gasteiger partial charge in [0.15, 0.2) is 11.5 Å². The van der Waals surface area contributed by atoms with Gasteiger partial charge in [-0.1, -0.05) is 12.1 Å². The molecule has 1 N–H and O–H groups in total. The van der Waals surface area contributed by atoms with Crippen molar-refractivity contribution in [1.29, 1.82) is 0 Å². The minimum atomic E-state index is -0.0326. The van der Waals surface area contributed by atoms with Crippen LogP contribution >= 0.6 is 0 Å². The van der Waals surface area contributed by atoms with Crippen LogP contribution in [-0.2, 0) is 19.5 Å². The average Bonchev–Trinajstić information content (AvgIpc) is 2.55. The van der Waals surface area contributed by atoms with E-state index in [-0.39, 0.29) is 5.56 Å². The van der Waals surface area contributed by atoms with Gasteiger partial charge in [0.25, 0.3) is 5.56 Å². The number of hydrogen-bond donors (Lipinski definition) is 1. The molecule has 23 heavy (non-hydrogen) atoms. The number of H-pyrrole nitrogens is 1. The van der Waals surface area contributed by atoms with E-state index in [1.165, 1.54) is 0 Å². The molecule has 1 aromatic carbocycles. The minimum absolute atomic E-state index is 0.0326. The van der Waals surface area contributed by atoms with Gasteiger partial charge in [0.2, 0.25) is 0 Å². The normalized spacial score (nSPS) is 14.4. The Kier molecular flexibility index (Phi) is 4.34. The van der Waals surface area contributed by atoms with Crippen LogP contribution in [0.4, 0.5) is 0 Å². The lowest BCUT2D eigenvalue weighted by Crippen LogP contribution is -2.35. The monoisotopic (exact) mass is 315 g/mol. The van der Waals surface area contributed by atoms with Gasteiger partial charge in [-0.3, -0.25) is 9.69 Å². The molecular formula is C17H21N3O3. The zero-order valence-electron chi connectivity index (χ0n) is 13.7. The molecule has 0 atom stereocenters. The van der Waals surface area contributed by atoms with E-state index in [1.807, 2.05) is 25.1 Å². The number of para-hydroxylation sites is 1. The molecule has 1 aliphatic heterocycles. The highest BCUT2D eigenvalue weighted by molar-refractivity contribution is 5.46. The second-order valence-electron chi connectivity index (χ2n) is 5.69. The molecule has 0 spiro atoms. The number of aryl methyl sites for hydroxylation is 1. The molecule has 2 heterocycles. The van der Waals surface area contributed by atoms with Crippen molar-refractivity contribution in [3.63, 3.8) is 0 Å². The maximum absolute atomic E-state index is 12.1. The molecule has 0 fully saturated rings. The predicted octanol–water partition coefficient (Wildman–Crippen LogP) is 1.65. The van der Waals surface area contributed by atoms with Gasteiger partial charge in [-0.15, -0.1) is 0 Å². The second kappa shape index (κ2) is 6.42. The van der Waals surface area contributed by atoms with Crippen molar-refractivity contribution >= 4 is 0 Å². The maximum atomic E-state index is 12.1. The fraction of sp³-hybridized carbons (Fsp3) is 0.412. The first kappa shape index (κ1) is 15.6. The molecule has 0 saturated heterocycles. The Morgan fingerprint density at radius 1 is 1.30 bits per heavy atom. The van der Waals surface area contributed by atoms with E-state index in [9.17, 15) is 4.79 Å². The third-order valence-corrected chi connectivity index (χ3v) is 4.14. The van der Waals surface area contributed by atoms with Crippen LogP contribution in [0.2, 0.25) is 0 Å². The van der Waals surface area contributed by atoms with Crippen LogP contribution in [0, 0.1) is 6.92 Å². The Labute approximate surface area is 135 Å². The first-order valence-electron chi connectivity index (χ1n) is 7.63. The molecule has 1 aliphatic rings. The zero-order valence-corrected chi connectivity index (χ0v) is 13.7. The van der Waals surface area contributed by atoms with Gasteiger partial charge < -0.3 is 14.5 Å². The highest BCUT2D eigenvalue weighted by Crippen LogP contribution is 2.32. The molecule has 6 nitrogen and oxygen atoms in total.